The number of aryl methyl sites for hydroxylation is 1. The average Bonchev–Trinajstić information content (AvgIpc) is 2.93. The fourth-order valence-corrected chi connectivity index (χ4v) is 4.14. The van der Waals surface area contributed by atoms with Gasteiger partial charge in [-0.15, -0.1) is 0 Å². The standard InChI is InChI=1S/C21H26N4O2/c1-14-5-3-6-15(11-14)12-25-19-17(24-10-4-7-16(22)13-24)8-9-23-18(19)20(27-2)21(25)26/h3,5-6,8-9,11,16,20H,4,7,10,12-13,22H2,1-2H3. The molecule has 0 radical (unpaired) electrons. The molecule has 2 N–H and O–H groups in total. The molecule has 0 saturated carbocycles. The number of nitrogens with zero attached hydrogens (tertiary/aromatic N) is 3. The second-order valence-electron chi connectivity index (χ2n) is 7.44. The Morgan fingerprint density at radius 1 is 1.33 bits per heavy atom. The number of anilines is 2. The van der Waals surface area contributed by atoms with Gasteiger partial charge in [-0.05, 0) is 31.4 Å². The smallest absolute Gasteiger partial charge is 0.262 e. The molecule has 3 heterocycles. The maximum absolute atomic E-state index is 13.1. The van der Waals surface area contributed by atoms with Crippen LogP contribution in [0.1, 0.15) is 35.8 Å². The maximum atomic E-state index is 13.1. The molecule has 1 aromatic carbocycles. The molecular weight excluding hydrogens is 340 g/mol. The van der Waals surface area contributed by atoms with Crippen LogP contribution in [-0.4, -0.2) is 37.1 Å². The molecular formula is C21H26N4O2. The van der Waals surface area contributed by atoms with Crippen LogP contribution in [0.25, 0.3) is 0 Å². The molecule has 0 aliphatic carbocycles. The third-order valence-corrected chi connectivity index (χ3v) is 5.40. The minimum Gasteiger partial charge on any atom is -0.368 e. The lowest BCUT2D eigenvalue weighted by molar-refractivity contribution is -0.127. The highest BCUT2D eigenvalue weighted by Gasteiger charge is 2.41. The number of ether oxygens (including phenoxy) is 1. The van der Waals surface area contributed by atoms with E-state index < -0.39 is 6.10 Å². The van der Waals surface area contributed by atoms with E-state index in [1.54, 1.807) is 13.3 Å². The molecule has 0 spiro atoms. The highest BCUT2D eigenvalue weighted by molar-refractivity contribution is 6.06. The minimum atomic E-state index is -0.650. The van der Waals surface area contributed by atoms with E-state index in [2.05, 4.69) is 28.9 Å². The summed E-state index contributed by atoms with van der Waals surface area (Å²) in [5.41, 5.74) is 11.1. The van der Waals surface area contributed by atoms with E-state index in [1.165, 1.54) is 5.56 Å². The zero-order valence-corrected chi connectivity index (χ0v) is 15.9. The van der Waals surface area contributed by atoms with E-state index in [-0.39, 0.29) is 11.9 Å². The number of piperidine rings is 1. The first-order chi connectivity index (χ1) is 13.1. The molecule has 1 saturated heterocycles. The molecule has 2 atom stereocenters. The van der Waals surface area contributed by atoms with Crippen molar-refractivity contribution in [3.8, 4) is 0 Å². The van der Waals surface area contributed by atoms with Crippen molar-refractivity contribution in [3.63, 3.8) is 0 Å². The van der Waals surface area contributed by atoms with E-state index >= 15 is 0 Å². The van der Waals surface area contributed by atoms with Crippen LogP contribution in [0.3, 0.4) is 0 Å². The minimum absolute atomic E-state index is 0.0599. The van der Waals surface area contributed by atoms with Crippen LogP contribution in [0, 0.1) is 6.92 Å². The number of methoxy groups -OCH3 is 1. The van der Waals surface area contributed by atoms with Crippen molar-refractivity contribution < 1.29 is 9.53 Å². The van der Waals surface area contributed by atoms with Crippen molar-refractivity contribution >= 4 is 17.3 Å². The number of fused-ring (bicyclic) bond motifs is 1. The Morgan fingerprint density at radius 3 is 2.93 bits per heavy atom. The highest BCUT2D eigenvalue weighted by Crippen LogP contribution is 2.44. The first-order valence-corrected chi connectivity index (χ1v) is 9.47. The van der Waals surface area contributed by atoms with Crippen molar-refractivity contribution in [2.24, 2.45) is 5.73 Å². The highest BCUT2D eigenvalue weighted by atomic mass is 16.5. The van der Waals surface area contributed by atoms with Gasteiger partial charge in [0.15, 0.2) is 6.10 Å². The Labute approximate surface area is 159 Å². The van der Waals surface area contributed by atoms with Gasteiger partial charge in [-0.1, -0.05) is 29.8 Å². The Bertz CT molecular complexity index is 854. The summed E-state index contributed by atoms with van der Waals surface area (Å²) < 4.78 is 5.51. The normalized spacial score (nSPS) is 22.3. The molecule has 2 aliphatic rings. The third-order valence-electron chi connectivity index (χ3n) is 5.40. The fourth-order valence-electron chi connectivity index (χ4n) is 4.14. The van der Waals surface area contributed by atoms with Gasteiger partial charge in [0, 0.05) is 32.4 Å². The molecule has 6 heteroatoms. The summed E-state index contributed by atoms with van der Waals surface area (Å²) in [6.45, 7) is 4.30. The fraction of sp³-hybridized carbons (Fsp3) is 0.429. The SMILES string of the molecule is COC1C(=O)N(Cc2cccc(C)c2)c2c(N3CCCC(N)C3)ccnc21. The lowest BCUT2D eigenvalue weighted by atomic mass is 10.1. The number of carbonyl (C=O) groups excluding carboxylic acids is 1. The molecule has 2 aromatic rings. The van der Waals surface area contributed by atoms with Crippen LogP contribution in [-0.2, 0) is 16.1 Å². The van der Waals surface area contributed by atoms with Crippen LogP contribution >= 0.6 is 0 Å². The van der Waals surface area contributed by atoms with Gasteiger partial charge in [0.2, 0.25) is 0 Å². The van der Waals surface area contributed by atoms with Gasteiger partial charge >= 0.3 is 0 Å². The quantitative estimate of drug-likeness (QED) is 0.900. The first-order valence-electron chi connectivity index (χ1n) is 9.47. The maximum Gasteiger partial charge on any atom is 0.262 e. The molecule has 2 unspecified atom stereocenters. The number of benzene rings is 1. The molecule has 142 valence electrons. The van der Waals surface area contributed by atoms with Crippen molar-refractivity contribution in [2.45, 2.75) is 38.5 Å². The molecule has 6 nitrogen and oxygen atoms in total. The second kappa shape index (κ2) is 7.29. The van der Waals surface area contributed by atoms with E-state index in [0.29, 0.717) is 12.2 Å². The number of pyridine rings is 1. The summed E-state index contributed by atoms with van der Waals surface area (Å²) >= 11 is 0. The Hall–Kier alpha value is -2.44. The molecule has 2 aliphatic heterocycles. The summed E-state index contributed by atoms with van der Waals surface area (Å²) in [7, 11) is 1.56. The first kappa shape index (κ1) is 17.9. The summed E-state index contributed by atoms with van der Waals surface area (Å²) in [5, 5.41) is 0. The number of rotatable bonds is 4. The Morgan fingerprint density at radius 2 is 2.19 bits per heavy atom. The number of hydrogen-bond acceptors (Lipinski definition) is 5. The zero-order chi connectivity index (χ0) is 19.0. The van der Waals surface area contributed by atoms with Gasteiger partial charge in [-0.25, -0.2) is 0 Å². The Balaban J connectivity index is 1.75. The predicted molar refractivity (Wildman–Crippen MR) is 106 cm³/mol. The zero-order valence-electron chi connectivity index (χ0n) is 15.9. The third kappa shape index (κ3) is 3.31. The Kier molecular flexibility index (Phi) is 4.85. The molecule has 1 amide bonds. The van der Waals surface area contributed by atoms with Crippen LogP contribution in [0.15, 0.2) is 36.5 Å². The summed E-state index contributed by atoms with van der Waals surface area (Å²) in [6, 6.07) is 10.4. The number of nitrogens with two attached hydrogens (primary N) is 1. The van der Waals surface area contributed by atoms with Crippen molar-refractivity contribution in [1.29, 1.82) is 0 Å². The number of aromatic nitrogens is 1. The van der Waals surface area contributed by atoms with Crippen molar-refractivity contribution in [1.82, 2.24) is 4.98 Å². The van der Waals surface area contributed by atoms with E-state index in [4.69, 9.17) is 10.5 Å². The number of carbonyl (C=O) groups is 1. The van der Waals surface area contributed by atoms with Crippen molar-refractivity contribution in [2.75, 3.05) is 30.0 Å². The predicted octanol–water partition coefficient (Wildman–Crippen LogP) is 2.55. The van der Waals surface area contributed by atoms with Crippen LogP contribution < -0.4 is 15.5 Å². The van der Waals surface area contributed by atoms with Gasteiger partial charge < -0.3 is 20.3 Å². The largest absolute Gasteiger partial charge is 0.368 e. The van der Waals surface area contributed by atoms with Gasteiger partial charge in [0.05, 0.1) is 17.9 Å². The number of amides is 1. The monoisotopic (exact) mass is 366 g/mol. The average molecular weight is 366 g/mol. The molecule has 1 fully saturated rings. The van der Waals surface area contributed by atoms with Gasteiger partial charge in [0.1, 0.15) is 5.69 Å². The molecule has 0 bridgehead atoms. The second-order valence-corrected chi connectivity index (χ2v) is 7.44. The molecule has 1 aromatic heterocycles. The van der Waals surface area contributed by atoms with Crippen LogP contribution in [0.4, 0.5) is 11.4 Å². The van der Waals surface area contributed by atoms with E-state index in [1.807, 2.05) is 23.1 Å². The van der Waals surface area contributed by atoms with Gasteiger partial charge in [-0.3, -0.25) is 9.78 Å². The van der Waals surface area contributed by atoms with Gasteiger partial charge in [0.25, 0.3) is 5.91 Å². The molecule has 27 heavy (non-hydrogen) atoms. The van der Waals surface area contributed by atoms with Crippen LogP contribution in [0.5, 0.6) is 0 Å². The van der Waals surface area contributed by atoms with Gasteiger partial charge in [-0.2, -0.15) is 0 Å². The summed E-state index contributed by atoms with van der Waals surface area (Å²) in [5.74, 6) is -0.0599. The van der Waals surface area contributed by atoms with Crippen molar-refractivity contribution in [3.05, 3.63) is 53.3 Å². The molecule has 4 rings (SSSR count). The lowest BCUT2D eigenvalue weighted by Crippen LogP contribution is -2.43. The van der Waals surface area contributed by atoms with Crippen LogP contribution in [0.2, 0.25) is 0 Å². The number of hydrogen-bond donors (Lipinski definition) is 1. The van der Waals surface area contributed by atoms with E-state index in [9.17, 15) is 4.79 Å². The topological polar surface area (TPSA) is 71.7 Å². The summed E-state index contributed by atoms with van der Waals surface area (Å²) in [4.78, 5) is 21.7. The van der Waals surface area contributed by atoms with E-state index in [0.717, 1.165) is 42.9 Å². The summed E-state index contributed by atoms with van der Waals surface area (Å²) in [6.07, 6.45) is 3.21. The lowest BCUT2D eigenvalue weighted by Gasteiger charge is -2.34.